The molecule has 6 heteroatoms. The Bertz CT molecular complexity index is 755. The number of carbonyl (C=O) groups excluding carboxylic acids is 2. The lowest BCUT2D eigenvalue weighted by Gasteiger charge is -2.16. The number of nitrogens with zero attached hydrogens (tertiary/aromatic N) is 2. The molecule has 1 fully saturated rings. The van der Waals surface area contributed by atoms with Crippen molar-refractivity contribution in [1.29, 1.82) is 0 Å². The zero-order valence-electron chi connectivity index (χ0n) is 14.6. The number of nitrogens with one attached hydrogen (secondary N) is 1. The van der Waals surface area contributed by atoms with E-state index in [1.807, 2.05) is 23.1 Å². The van der Waals surface area contributed by atoms with Crippen LogP contribution in [0.4, 0.5) is 0 Å². The third-order valence-corrected chi connectivity index (χ3v) is 4.47. The van der Waals surface area contributed by atoms with E-state index in [1.165, 1.54) is 5.56 Å². The third-order valence-electron chi connectivity index (χ3n) is 4.47. The minimum Gasteiger partial charge on any atom is -0.436 e. The largest absolute Gasteiger partial charge is 0.436 e. The van der Waals surface area contributed by atoms with Crippen molar-refractivity contribution in [3.63, 3.8) is 0 Å². The highest BCUT2D eigenvalue weighted by Crippen LogP contribution is 2.18. The molecule has 1 saturated heterocycles. The van der Waals surface area contributed by atoms with Gasteiger partial charge < -0.3 is 14.6 Å². The lowest BCUT2D eigenvalue weighted by atomic mass is 10.1. The summed E-state index contributed by atoms with van der Waals surface area (Å²) >= 11 is 0. The van der Waals surface area contributed by atoms with E-state index in [-0.39, 0.29) is 23.5 Å². The number of aryl methyl sites for hydroxylation is 2. The molecule has 2 aromatic rings. The average molecular weight is 341 g/mol. The molecule has 0 saturated carbocycles. The maximum atomic E-state index is 12.2. The Morgan fingerprint density at radius 3 is 2.76 bits per heavy atom. The molecule has 0 spiro atoms. The maximum absolute atomic E-state index is 12.2. The van der Waals surface area contributed by atoms with Gasteiger partial charge in [0.1, 0.15) is 0 Å². The van der Waals surface area contributed by atoms with Crippen LogP contribution in [0, 0.1) is 19.8 Å². The van der Waals surface area contributed by atoms with Crippen molar-refractivity contribution in [1.82, 2.24) is 15.2 Å². The lowest BCUT2D eigenvalue weighted by Crippen LogP contribution is -2.32. The Kier molecular flexibility index (Phi) is 5.16. The summed E-state index contributed by atoms with van der Waals surface area (Å²) < 4.78 is 5.32. The van der Waals surface area contributed by atoms with Crippen LogP contribution in [0.25, 0.3) is 0 Å². The van der Waals surface area contributed by atoms with Gasteiger partial charge in [-0.3, -0.25) is 9.59 Å². The molecular weight excluding hydrogens is 318 g/mol. The first-order valence-corrected chi connectivity index (χ1v) is 8.57. The molecule has 3 rings (SSSR count). The number of hydrogen-bond donors (Lipinski definition) is 1. The quantitative estimate of drug-likeness (QED) is 0.873. The van der Waals surface area contributed by atoms with Gasteiger partial charge in [0, 0.05) is 38.9 Å². The summed E-state index contributed by atoms with van der Waals surface area (Å²) in [6.45, 7) is 5.32. The summed E-state index contributed by atoms with van der Waals surface area (Å²) in [5.41, 5.74) is 1.81. The Balaban J connectivity index is 1.47. The van der Waals surface area contributed by atoms with E-state index in [9.17, 15) is 9.59 Å². The van der Waals surface area contributed by atoms with E-state index in [0.717, 1.165) is 6.42 Å². The highest BCUT2D eigenvalue weighted by atomic mass is 16.4. The molecule has 0 radical (unpaired) electrons. The summed E-state index contributed by atoms with van der Waals surface area (Å²) in [5.74, 6) is 0.750. The number of rotatable bonds is 6. The topological polar surface area (TPSA) is 75.4 Å². The van der Waals surface area contributed by atoms with Crippen molar-refractivity contribution >= 4 is 11.8 Å². The number of oxazole rings is 1. The third kappa shape index (κ3) is 4.26. The highest BCUT2D eigenvalue weighted by molar-refractivity contribution is 5.92. The number of amides is 2. The van der Waals surface area contributed by atoms with Gasteiger partial charge in [-0.25, -0.2) is 4.98 Å². The minimum absolute atomic E-state index is 0.136. The van der Waals surface area contributed by atoms with Crippen LogP contribution in [0.3, 0.4) is 0 Å². The maximum Gasteiger partial charge on any atom is 0.289 e. The molecule has 0 bridgehead atoms. The summed E-state index contributed by atoms with van der Waals surface area (Å²) in [6.07, 6.45) is 1.33. The SMILES string of the molecule is Cc1nc(C)c(C(=O)NC[C@@H]2CC(=O)N(CCc3ccccc3)C2)o1. The Morgan fingerprint density at radius 1 is 1.32 bits per heavy atom. The molecule has 132 valence electrons. The first-order chi connectivity index (χ1) is 12.0. The number of benzene rings is 1. The summed E-state index contributed by atoms with van der Waals surface area (Å²) in [7, 11) is 0. The first-order valence-electron chi connectivity index (χ1n) is 8.57. The Morgan fingerprint density at radius 2 is 2.08 bits per heavy atom. The molecule has 6 nitrogen and oxygen atoms in total. The van der Waals surface area contributed by atoms with Crippen molar-refractivity contribution in [3.8, 4) is 0 Å². The molecule has 25 heavy (non-hydrogen) atoms. The summed E-state index contributed by atoms with van der Waals surface area (Å²) in [4.78, 5) is 30.3. The lowest BCUT2D eigenvalue weighted by molar-refractivity contribution is -0.127. The van der Waals surface area contributed by atoms with Crippen molar-refractivity contribution < 1.29 is 14.0 Å². The van der Waals surface area contributed by atoms with Gasteiger partial charge in [-0.2, -0.15) is 0 Å². The number of likely N-dealkylation sites (tertiary alicyclic amines) is 1. The second-order valence-corrected chi connectivity index (χ2v) is 6.50. The fourth-order valence-corrected chi connectivity index (χ4v) is 3.17. The van der Waals surface area contributed by atoms with Crippen LogP contribution in [0.1, 0.15) is 34.1 Å². The van der Waals surface area contributed by atoms with Crippen molar-refractivity contribution in [2.75, 3.05) is 19.6 Å². The summed E-state index contributed by atoms with van der Waals surface area (Å²) in [6, 6.07) is 10.1. The molecule has 2 amide bonds. The minimum atomic E-state index is -0.270. The van der Waals surface area contributed by atoms with Crippen LogP contribution in [-0.2, 0) is 11.2 Å². The smallest absolute Gasteiger partial charge is 0.289 e. The second-order valence-electron chi connectivity index (χ2n) is 6.50. The molecule has 0 aliphatic carbocycles. The van der Waals surface area contributed by atoms with E-state index < -0.39 is 0 Å². The average Bonchev–Trinajstić information content (AvgIpc) is 3.13. The zero-order chi connectivity index (χ0) is 17.8. The van der Waals surface area contributed by atoms with Crippen LogP contribution in [0.2, 0.25) is 0 Å². The molecule has 1 aliphatic heterocycles. The van der Waals surface area contributed by atoms with Gasteiger partial charge in [0.25, 0.3) is 5.91 Å². The fraction of sp³-hybridized carbons (Fsp3) is 0.421. The van der Waals surface area contributed by atoms with Gasteiger partial charge in [0.05, 0.1) is 5.69 Å². The molecule has 1 atom stereocenters. The van der Waals surface area contributed by atoms with Crippen molar-refractivity contribution in [2.24, 2.45) is 5.92 Å². The van der Waals surface area contributed by atoms with Gasteiger partial charge in [-0.1, -0.05) is 30.3 Å². The van der Waals surface area contributed by atoms with Gasteiger partial charge in [0.15, 0.2) is 5.89 Å². The van der Waals surface area contributed by atoms with E-state index in [2.05, 4.69) is 22.4 Å². The van der Waals surface area contributed by atoms with E-state index in [1.54, 1.807) is 13.8 Å². The number of hydrogen-bond acceptors (Lipinski definition) is 4. The predicted octanol–water partition coefficient (Wildman–Crippen LogP) is 2.11. The molecule has 2 heterocycles. The molecule has 1 aromatic heterocycles. The van der Waals surface area contributed by atoms with Gasteiger partial charge >= 0.3 is 0 Å². The number of carbonyl (C=O) groups is 2. The van der Waals surface area contributed by atoms with E-state index in [4.69, 9.17) is 4.42 Å². The molecule has 1 N–H and O–H groups in total. The van der Waals surface area contributed by atoms with Crippen molar-refractivity contribution in [3.05, 3.63) is 53.2 Å². The Labute approximate surface area is 147 Å². The van der Waals surface area contributed by atoms with E-state index >= 15 is 0 Å². The summed E-state index contributed by atoms with van der Waals surface area (Å²) in [5, 5.41) is 2.86. The normalized spacial score (nSPS) is 17.1. The second kappa shape index (κ2) is 7.51. The van der Waals surface area contributed by atoms with Crippen molar-refractivity contribution in [2.45, 2.75) is 26.7 Å². The Hall–Kier alpha value is -2.63. The molecule has 1 aliphatic rings. The van der Waals surface area contributed by atoms with Crippen LogP contribution in [0.5, 0.6) is 0 Å². The molecular formula is C19H23N3O3. The fourth-order valence-electron chi connectivity index (χ4n) is 3.17. The van der Waals surface area contributed by atoms with Crippen LogP contribution in [-0.4, -0.2) is 41.3 Å². The molecule has 1 aromatic carbocycles. The zero-order valence-corrected chi connectivity index (χ0v) is 14.6. The highest BCUT2D eigenvalue weighted by Gasteiger charge is 2.29. The molecule has 0 unspecified atom stereocenters. The van der Waals surface area contributed by atoms with Crippen LogP contribution in [0.15, 0.2) is 34.7 Å². The standard InChI is InChI=1S/C19H23N3O3/c1-13-18(25-14(2)21-13)19(24)20-11-16-10-17(23)22(12-16)9-8-15-6-4-3-5-7-15/h3-7,16H,8-12H2,1-2H3,(H,20,24)/t16-/m0/s1. The van der Waals surface area contributed by atoms with Gasteiger partial charge in [-0.15, -0.1) is 0 Å². The van der Waals surface area contributed by atoms with Crippen LogP contribution >= 0.6 is 0 Å². The van der Waals surface area contributed by atoms with E-state index in [0.29, 0.717) is 37.6 Å². The predicted molar refractivity (Wildman–Crippen MR) is 93.1 cm³/mol. The van der Waals surface area contributed by atoms with Gasteiger partial charge in [-0.05, 0) is 18.9 Å². The van der Waals surface area contributed by atoms with Crippen LogP contribution < -0.4 is 5.32 Å². The van der Waals surface area contributed by atoms with Gasteiger partial charge in [0.2, 0.25) is 11.7 Å². The monoisotopic (exact) mass is 341 g/mol. The first kappa shape index (κ1) is 17.2. The number of aromatic nitrogens is 1.